The predicted molar refractivity (Wildman–Crippen MR) is 126 cm³/mol. The monoisotopic (exact) mass is 441 g/mol. The summed E-state index contributed by atoms with van der Waals surface area (Å²) in [5.74, 6) is 1.87. The van der Waals surface area contributed by atoms with Crippen molar-refractivity contribution in [2.24, 2.45) is 0 Å². The molecule has 0 radical (unpaired) electrons. The average Bonchev–Trinajstić information content (AvgIpc) is 2.85. The molecule has 0 saturated carbocycles. The van der Waals surface area contributed by atoms with Crippen molar-refractivity contribution >= 4 is 23.4 Å². The third kappa shape index (κ3) is 4.67. The van der Waals surface area contributed by atoms with Crippen molar-refractivity contribution in [3.8, 4) is 22.8 Å². The fourth-order valence-electron chi connectivity index (χ4n) is 3.50. The number of hydrogen-bond donors (Lipinski definition) is 3. The van der Waals surface area contributed by atoms with E-state index in [0.717, 1.165) is 31.9 Å². The van der Waals surface area contributed by atoms with Crippen molar-refractivity contribution in [1.82, 2.24) is 40.2 Å². The molecule has 0 spiro atoms. The minimum Gasteiger partial charge on any atom is -0.383 e. The Bertz CT molecular complexity index is 1250. The lowest BCUT2D eigenvalue weighted by Gasteiger charge is -2.27. The normalized spacial score (nSPS) is 13.7. The number of nitrogens with one attached hydrogen (secondary N) is 2. The summed E-state index contributed by atoms with van der Waals surface area (Å²) in [7, 11) is 0. The molecule has 11 nitrogen and oxygen atoms in total. The molecule has 11 heteroatoms. The highest BCUT2D eigenvalue weighted by Gasteiger charge is 2.14. The molecule has 33 heavy (non-hydrogen) atoms. The summed E-state index contributed by atoms with van der Waals surface area (Å²) in [5, 5.41) is 6.41. The van der Waals surface area contributed by atoms with Crippen molar-refractivity contribution in [2.75, 3.05) is 42.1 Å². The van der Waals surface area contributed by atoms with Gasteiger partial charge in [-0.25, -0.2) is 29.9 Å². The van der Waals surface area contributed by atoms with Gasteiger partial charge in [-0.3, -0.25) is 0 Å². The highest BCUT2D eigenvalue weighted by atomic mass is 15.3. The predicted octanol–water partition coefficient (Wildman–Crippen LogP) is 1.83. The lowest BCUT2D eigenvalue weighted by atomic mass is 10.2. The summed E-state index contributed by atoms with van der Waals surface area (Å²) in [6.07, 6.45) is 6.73. The number of nitrogens with zero attached hydrogens (tertiary/aromatic N) is 8. The Morgan fingerprint density at radius 1 is 0.909 bits per heavy atom. The molecule has 5 rings (SSSR count). The summed E-state index contributed by atoms with van der Waals surface area (Å²) in [5.41, 5.74) is 9.73. The number of piperazine rings is 1. The standard InChI is InChI=1S/C22H23N11/c1-14-3-2-4-18(29-14)20-25-6-5-17(31-20)16-13-26-21(32-19(16)23)30-15-11-27-22(28-12-15)33-9-7-24-8-10-33/h2-6,11-13,24H,7-10H2,1H3,(H3,23,26,30,32). The first kappa shape index (κ1) is 20.6. The van der Waals surface area contributed by atoms with Gasteiger partial charge in [0.05, 0.1) is 29.3 Å². The maximum absolute atomic E-state index is 6.23. The smallest absolute Gasteiger partial charge is 0.229 e. The molecule has 5 heterocycles. The molecule has 4 aromatic heterocycles. The number of aryl methyl sites for hydroxylation is 1. The highest BCUT2D eigenvalue weighted by molar-refractivity contribution is 5.72. The number of nitrogen functional groups attached to an aromatic ring is 1. The number of hydrogen-bond acceptors (Lipinski definition) is 11. The molecule has 4 aromatic rings. The molecule has 1 aliphatic heterocycles. The second kappa shape index (κ2) is 9.09. The Hall–Kier alpha value is -4.25. The molecular weight excluding hydrogens is 418 g/mol. The zero-order valence-electron chi connectivity index (χ0n) is 18.1. The second-order valence-corrected chi connectivity index (χ2v) is 7.56. The van der Waals surface area contributed by atoms with Crippen LogP contribution in [-0.2, 0) is 0 Å². The minimum absolute atomic E-state index is 0.299. The quantitative estimate of drug-likeness (QED) is 0.417. The van der Waals surface area contributed by atoms with Crippen LogP contribution in [0, 0.1) is 6.92 Å². The first-order chi connectivity index (χ1) is 16.2. The fourth-order valence-corrected chi connectivity index (χ4v) is 3.50. The topological polar surface area (TPSA) is 144 Å². The summed E-state index contributed by atoms with van der Waals surface area (Å²) >= 11 is 0. The van der Waals surface area contributed by atoms with Crippen molar-refractivity contribution < 1.29 is 0 Å². The van der Waals surface area contributed by atoms with E-state index in [1.165, 1.54) is 0 Å². The van der Waals surface area contributed by atoms with Gasteiger partial charge in [0.15, 0.2) is 5.82 Å². The molecule has 0 unspecified atom stereocenters. The Labute approximate surface area is 190 Å². The van der Waals surface area contributed by atoms with Crippen molar-refractivity contribution in [1.29, 1.82) is 0 Å². The van der Waals surface area contributed by atoms with E-state index < -0.39 is 0 Å². The van der Waals surface area contributed by atoms with Gasteiger partial charge in [-0.2, -0.15) is 4.98 Å². The molecule has 0 amide bonds. The maximum Gasteiger partial charge on any atom is 0.229 e. The average molecular weight is 442 g/mol. The van der Waals surface area contributed by atoms with E-state index in [-0.39, 0.29) is 0 Å². The Morgan fingerprint density at radius 3 is 2.48 bits per heavy atom. The molecule has 0 aliphatic carbocycles. The minimum atomic E-state index is 0.299. The van der Waals surface area contributed by atoms with Crippen LogP contribution in [0.1, 0.15) is 5.69 Å². The summed E-state index contributed by atoms with van der Waals surface area (Å²) in [6.45, 7) is 5.56. The van der Waals surface area contributed by atoms with Gasteiger partial charge in [0.25, 0.3) is 0 Å². The summed E-state index contributed by atoms with van der Waals surface area (Å²) in [4.78, 5) is 33.2. The number of anilines is 4. The summed E-state index contributed by atoms with van der Waals surface area (Å²) in [6, 6.07) is 7.49. The van der Waals surface area contributed by atoms with Crippen LogP contribution in [-0.4, -0.2) is 61.1 Å². The molecule has 1 saturated heterocycles. The third-order valence-electron chi connectivity index (χ3n) is 5.16. The number of aromatic nitrogens is 7. The zero-order chi connectivity index (χ0) is 22.6. The fraction of sp³-hybridized carbons (Fsp3) is 0.227. The van der Waals surface area contributed by atoms with E-state index in [0.29, 0.717) is 46.2 Å². The van der Waals surface area contributed by atoms with Crippen LogP contribution in [0.2, 0.25) is 0 Å². The van der Waals surface area contributed by atoms with E-state index in [1.54, 1.807) is 30.9 Å². The largest absolute Gasteiger partial charge is 0.383 e. The van der Waals surface area contributed by atoms with Crippen LogP contribution in [0.5, 0.6) is 0 Å². The molecular formula is C22H23N11. The van der Waals surface area contributed by atoms with Gasteiger partial charge < -0.3 is 21.3 Å². The molecule has 0 atom stereocenters. The van der Waals surface area contributed by atoms with Crippen LogP contribution in [0.15, 0.2) is 49.1 Å². The second-order valence-electron chi connectivity index (χ2n) is 7.56. The Balaban J connectivity index is 1.33. The lowest BCUT2D eigenvalue weighted by Crippen LogP contribution is -2.44. The van der Waals surface area contributed by atoms with Gasteiger partial charge >= 0.3 is 0 Å². The van der Waals surface area contributed by atoms with E-state index in [2.05, 4.69) is 50.4 Å². The zero-order valence-corrected chi connectivity index (χ0v) is 18.1. The van der Waals surface area contributed by atoms with Crippen LogP contribution in [0.3, 0.4) is 0 Å². The molecule has 0 bridgehead atoms. The Kier molecular flexibility index (Phi) is 5.68. The highest BCUT2D eigenvalue weighted by Crippen LogP contribution is 2.25. The Morgan fingerprint density at radius 2 is 1.73 bits per heavy atom. The number of pyridine rings is 1. The van der Waals surface area contributed by atoms with Crippen molar-refractivity contribution in [2.45, 2.75) is 6.92 Å². The van der Waals surface area contributed by atoms with Crippen LogP contribution in [0.25, 0.3) is 22.8 Å². The number of rotatable bonds is 5. The van der Waals surface area contributed by atoms with Crippen molar-refractivity contribution in [3.63, 3.8) is 0 Å². The lowest BCUT2D eigenvalue weighted by molar-refractivity contribution is 0.580. The van der Waals surface area contributed by atoms with Gasteiger partial charge in [-0.1, -0.05) is 6.07 Å². The first-order valence-corrected chi connectivity index (χ1v) is 10.6. The van der Waals surface area contributed by atoms with Gasteiger partial charge in [0.1, 0.15) is 11.5 Å². The molecule has 1 fully saturated rings. The van der Waals surface area contributed by atoms with E-state index in [1.807, 2.05) is 25.1 Å². The third-order valence-corrected chi connectivity index (χ3v) is 5.16. The van der Waals surface area contributed by atoms with Crippen LogP contribution < -0.4 is 21.3 Å². The molecule has 0 aromatic carbocycles. The van der Waals surface area contributed by atoms with Crippen molar-refractivity contribution in [3.05, 3.63) is 54.7 Å². The van der Waals surface area contributed by atoms with Gasteiger partial charge in [0.2, 0.25) is 11.9 Å². The molecule has 1 aliphatic rings. The van der Waals surface area contributed by atoms with E-state index in [9.17, 15) is 0 Å². The number of nitrogens with two attached hydrogens (primary N) is 1. The summed E-state index contributed by atoms with van der Waals surface area (Å²) < 4.78 is 0. The van der Waals surface area contributed by atoms with Gasteiger partial charge in [-0.05, 0) is 25.1 Å². The van der Waals surface area contributed by atoms with Crippen LogP contribution in [0.4, 0.5) is 23.4 Å². The van der Waals surface area contributed by atoms with Gasteiger partial charge in [0, 0.05) is 44.3 Å². The maximum atomic E-state index is 6.23. The van der Waals surface area contributed by atoms with Gasteiger partial charge in [-0.15, -0.1) is 0 Å². The molecule has 4 N–H and O–H groups in total. The van der Waals surface area contributed by atoms with E-state index in [4.69, 9.17) is 5.73 Å². The van der Waals surface area contributed by atoms with Crippen LogP contribution >= 0.6 is 0 Å². The molecule has 166 valence electrons. The van der Waals surface area contributed by atoms with E-state index >= 15 is 0 Å². The SMILES string of the molecule is Cc1cccc(-c2nccc(-c3cnc(Nc4cnc(N5CCNCC5)nc4)nc3N)n2)n1. The first-order valence-electron chi connectivity index (χ1n) is 10.6.